The maximum atomic E-state index is 11.6. The van der Waals surface area contributed by atoms with E-state index < -0.39 is 0 Å². The van der Waals surface area contributed by atoms with Crippen LogP contribution in [0.2, 0.25) is 5.02 Å². The van der Waals surface area contributed by atoms with Gasteiger partial charge in [0.25, 0.3) is 0 Å². The van der Waals surface area contributed by atoms with Gasteiger partial charge >= 0.3 is 0 Å². The normalized spacial score (nSPS) is 13.8. The Hall–Kier alpha value is -2.24. The standard InChI is InChI=1S/C23H29ClN2O3/c1-17-6-3-7-18(12-17)16-29-22-14-20(24)19(13-21(22)28-2)15-25-9-5-11-26-10-4-8-23(26)27/h3,6-7,12-14,25H,4-5,8-11,15-16H2,1-2H3. The Morgan fingerprint density at radius 1 is 1.21 bits per heavy atom. The third kappa shape index (κ3) is 6.12. The molecular formula is C23H29ClN2O3. The van der Waals surface area contributed by atoms with Crippen molar-refractivity contribution in [2.45, 2.75) is 39.3 Å². The molecule has 0 atom stereocenters. The van der Waals surface area contributed by atoms with Crippen LogP contribution in [0.25, 0.3) is 0 Å². The lowest BCUT2D eigenvalue weighted by Crippen LogP contribution is -2.28. The second-order valence-corrected chi connectivity index (χ2v) is 7.79. The highest BCUT2D eigenvalue weighted by molar-refractivity contribution is 6.31. The number of amides is 1. The third-order valence-corrected chi connectivity index (χ3v) is 5.43. The number of nitrogens with one attached hydrogen (secondary N) is 1. The monoisotopic (exact) mass is 416 g/mol. The molecule has 3 rings (SSSR count). The van der Waals surface area contributed by atoms with Crippen LogP contribution in [0.5, 0.6) is 11.5 Å². The van der Waals surface area contributed by atoms with Crippen LogP contribution in [-0.2, 0) is 17.9 Å². The maximum Gasteiger partial charge on any atom is 0.222 e. The molecule has 0 radical (unpaired) electrons. The fourth-order valence-corrected chi connectivity index (χ4v) is 3.73. The summed E-state index contributed by atoms with van der Waals surface area (Å²) in [6.07, 6.45) is 2.61. The number of halogens is 1. The zero-order valence-corrected chi connectivity index (χ0v) is 17.9. The molecule has 6 heteroatoms. The van der Waals surface area contributed by atoms with Crippen LogP contribution in [-0.4, -0.2) is 37.6 Å². The zero-order chi connectivity index (χ0) is 20.6. The van der Waals surface area contributed by atoms with Gasteiger partial charge < -0.3 is 19.7 Å². The van der Waals surface area contributed by atoms with E-state index in [0.29, 0.717) is 36.1 Å². The van der Waals surface area contributed by atoms with E-state index in [1.165, 1.54) is 5.56 Å². The molecule has 1 N–H and O–H groups in total. The van der Waals surface area contributed by atoms with Gasteiger partial charge in [0.15, 0.2) is 11.5 Å². The van der Waals surface area contributed by atoms with Crippen LogP contribution in [0, 0.1) is 6.92 Å². The lowest BCUT2D eigenvalue weighted by molar-refractivity contribution is -0.127. The van der Waals surface area contributed by atoms with E-state index in [4.69, 9.17) is 21.1 Å². The van der Waals surface area contributed by atoms with Crippen molar-refractivity contribution in [1.82, 2.24) is 10.2 Å². The Morgan fingerprint density at radius 2 is 2.07 bits per heavy atom. The maximum absolute atomic E-state index is 11.6. The van der Waals surface area contributed by atoms with Gasteiger partial charge in [0, 0.05) is 37.1 Å². The number of benzene rings is 2. The number of carbonyl (C=O) groups excluding carboxylic acids is 1. The van der Waals surface area contributed by atoms with E-state index in [2.05, 4.69) is 24.4 Å². The molecular weight excluding hydrogens is 388 g/mol. The van der Waals surface area contributed by atoms with E-state index in [1.807, 2.05) is 29.2 Å². The molecule has 0 spiro atoms. The van der Waals surface area contributed by atoms with Crippen molar-refractivity contribution in [2.75, 3.05) is 26.7 Å². The Balaban J connectivity index is 1.51. The zero-order valence-electron chi connectivity index (χ0n) is 17.2. The fourth-order valence-electron chi connectivity index (χ4n) is 3.51. The molecule has 1 saturated heterocycles. The minimum Gasteiger partial charge on any atom is -0.493 e. The van der Waals surface area contributed by atoms with E-state index >= 15 is 0 Å². The molecule has 0 bridgehead atoms. The largest absolute Gasteiger partial charge is 0.493 e. The van der Waals surface area contributed by atoms with Crippen LogP contribution in [0.15, 0.2) is 36.4 Å². The van der Waals surface area contributed by atoms with Crippen molar-refractivity contribution >= 4 is 17.5 Å². The molecule has 2 aromatic carbocycles. The summed E-state index contributed by atoms with van der Waals surface area (Å²) in [6, 6.07) is 12.0. The number of ether oxygens (including phenoxy) is 2. The first-order valence-electron chi connectivity index (χ1n) is 10.1. The summed E-state index contributed by atoms with van der Waals surface area (Å²) in [5, 5.41) is 4.04. The summed E-state index contributed by atoms with van der Waals surface area (Å²) in [5.41, 5.74) is 3.26. The summed E-state index contributed by atoms with van der Waals surface area (Å²) in [7, 11) is 1.63. The van der Waals surface area contributed by atoms with Crippen LogP contribution in [0.4, 0.5) is 0 Å². The molecule has 29 heavy (non-hydrogen) atoms. The van der Waals surface area contributed by atoms with Crippen molar-refractivity contribution in [1.29, 1.82) is 0 Å². The Labute approximate surface area is 177 Å². The van der Waals surface area contributed by atoms with Crippen LogP contribution in [0.1, 0.15) is 36.0 Å². The molecule has 1 aliphatic rings. The van der Waals surface area contributed by atoms with Crippen molar-refractivity contribution in [3.8, 4) is 11.5 Å². The minimum absolute atomic E-state index is 0.277. The predicted octanol–water partition coefficient (Wildman–Crippen LogP) is 4.34. The first-order valence-corrected chi connectivity index (χ1v) is 10.5. The summed E-state index contributed by atoms with van der Waals surface area (Å²) in [6.45, 7) is 5.70. The summed E-state index contributed by atoms with van der Waals surface area (Å²) >= 11 is 6.47. The van der Waals surface area contributed by atoms with Gasteiger partial charge in [-0.05, 0) is 43.5 Å². The highest BCUT2D eigenvalue weighted by Crippen LogP contribution is 2.34. The molecule has 0 aliphatic carbocycles. The van der Waals surface area contributed by atoms with Crippen LogP contribution in [0.3, 0.4) is 0 Å². The van der Waals surface area contributed by atoms with Crippen molar-refractivity contribution in [3.05, 3.63) is 58.1 Å². The van der Waals surface area contributed by atoms with E-state index in [1.54, 1.807) is 7.11 Å². The van der Waals surface area contributed by atoms with Gasteiger partial charge in [0.1, 0.15) is 6.61 Å². The third-order valence-electron chi connectivity index (χ3n) is 5.08. The molecule has 2 aromatic rings. The molecule has 0 aromatic heterocycles. The highest BCUT2D eigenvalue weighted by Gasteiger charge is 2.19. The van der Waals surface area contributed by atoms with Gasteiger partial charge in [-0.25, -0.2) is 0 Å². The molecule has 0 saturated carbocycles. The average molecular weight is 417 g/mol. The first-order chi connectivity index (χ1) is 14.1. The highest BCUT2D eigenvalue weighted by atomic mass is 35.5. The fraction of sp³-hybridized carbons (Fsp3) is 0.435. The van der Waals surface area contributed by atoms with E-state index in [9.17, 15) is 4.79 Å². The van der Waals surface area contributed by atoms with E-state index in [-0.39, 0.29) is 5.91 Å². The lowest BCUT2D eigenvalue weighted by atomic mass is 10.1. The van der Waals surface area contributed by atoms with Crippen LogP contribution < -0.4 is 14.8 Å². The van der Waals surface area contributed by atoms with Crippen molar-refractivity contribution in [2.24, 2.45) is 0 Å². The Morgan fingerprint density at radius 3 is 2.79 bits per heavy atom. The Bertz CT molecular complexity index is 841. The molecule has 5 nitrogen and oxygen atoms in total. The van der Waals surface area contributed by atoms with Gasteiger partial charge in [-0.2, -0.15) is 0 Å². The lowest BCUT2D eigenvalue weighted by Gasteiger charge is -2.16. The predicted molar refractivity (Wildman–Crippen MR) is 116 cm³/mol. The minimum atomic E-state index is 0.277. The van der Waals surface area contributed by atoms with Gasteiger partial charge in [-0.15, -0.1) is 0 Å². The summed E-state index contributed by atoms with van der Waals surface area (Å²) in [5.74, 6) is 1.58. The number of rotatable bonds is 10. The summed E-state index contributed by atoms with van der Waals surface area (Å²) in [4.78, 5) is 13.6. The number of hydrogen-bond acceptors (Lipinski definition) is 4. The molecule has 1 heterocycles. The number of likely N-dealkylation sites (tertiary alicyclic amines) is 1. The number of carbonyl (C=O) groups is 1. The van der Waals surface area contributed by atoms with E-state index in [0.717, 1.165) is 43.6 Å². The summed E-state index contributed by atoms with van der Waals surface area (Å²) < 4.78 is 11.5. The SMILES string of the molecule is COc1cc(CNCCCN2CCCC2=O)c(Cl)cc1OCc1cccc(C)c1. The number of aryl methyl sites for hydroxylation is 1. The molecule has 156 valence electrons. The molecule has 1 amide bonds. The average Bonchev–Trinajstić information content (AvgIpc) is 3.12. The van der Waals surface area contributed by atoms with Crippen LogP contribution >= 0.6 is 11.6 Å². The Kier molecular flexibility index (Phi) is 7.78. The van der Waals surface area contributed by atoms with Gasteiger partial charge in [-0.1, -0.05) is 41.4 Å². The molecule has 0 unspecified atom stereocenters. The topological polar surface area (TPSA) is 50.8 Å². The smallest absolute Gasteiger partial charge is 0.222 e. The number of nitrogens with zero attached hydrogens (tertiary/aromatic N) is 1. The second kappa shape index (κ2) is 10.5. The van der Waals surface area contributed by atoms with Gasteiger partial charge in [0.05, 0.1) is 7.11 Å². The van der Waals surface area contributed by atoms with Crippen molar-refractivity contribution in [3.63, 3.8) is 0 Å². The van der Waals surface area contributed by atoms with Gasteiger partial charge in [0.2, 0.25) is 5.91 Å². The number of hydrogen-bond donors (Lipinski definition) is 1. The molecule has 1 fully saturated rings. The second-order valence-electron chi connectivity index (χ2n) is 7.39. The quantitative estimate of drug-likeness (QED) is 0.585. The van der Waals surface area contributed by atoms with Gasteiger partial charge in [-0.3, -0.25) is 4.79 Å². The van der Waals surface area contributed by atoms with Crippen molar-refractivity contribution < 1.29 is 14.3 Å². The first kappa shape index (κ1) is 21.5. The molecule has 1 aliphatic heterocycles. The number of methoxy groups -OCH3 is 1.